The first-order chi connectivity index (χ1) is 5.91. The van der Waals surface area contributed by atoms with Crippen LogP contribution in [0.1, 0.15) is 13.3 Å². The van der Waals surface area contributed by atoms with E-state index >= 15 is 0 Å². The summed E-state index contributed by atoms with van der Waals surface area (Å²) in [5.41, 5.74) is 0.545. The second-order valence-corrected chi connectivity index (χ2v) is 3.23. The van der Waals surface area contributed by atoms with E-state index in [2.05, 4.69) is 18.8 Å². The van der Waals surface area contributed by atoms with Gasteiger partial charge >= 0.3 is 0 Å². The fraction of sp³-hybridized carbons (Fsp3) is 0.600. The van der Waals surface area contributed by atoms with E-state index in [1.807, 2.05) is 26.0 Å². The molecule has 0 heterocycles. The molecule has 0 rings (SSSR count). The first kappa shape index (κ1) is 14.7. The lowest BCUT2D eigenvalue weighted by Gasteiger charge is -1.99. The van der Waals surface area contributed by atoms with Gasteiger partial charge in [0.1, 0.15) is 0 Å². The number of hydrogen-bond acceptors (Lipinski definition) is 2. The Kier molecular flexibility index (Phi) is 10.5. The van der Waals surface area contributed by atoms with Crippen LogP contribution in [0.2, 0.25) is 0 Å². The van der Waals surface area contributed by atoms with Gasteiger partial charge in [-0.05, 0) is 34.5 Å². The Morgan fingerprint density at radius 3 is 2.00 bits per heavy atom. The maximum absolute atomic E-state index is 10.7. The van der Waals surface area contributed by atoms with Crippen molar-refractivity contribution in [3.05, 3.63) is 19.1 Å². The molecule has 3 nitrogen and oxygen atoms in total. The Morgan fingerprint density at radius 1 is 1.38 bits per heavy atom. The van der Waals surface area contributed by atoms with Gasteiger partial charge in [-0.3, -0.25) is 4.79 Å². The van der Waals surface area contributed by atoms with E-state index < -0.39 is 0 Å². The average molecular weight is 185 g/mol. The van der Waals surface area contributed by atoms with Gasteiger partial charge in [0.15, 0.2) is 0 Å². The van der Waals surface area contributed by atoms with Crippen LogP contribution in [-0.2, 0) is 4.79 Å². The molecule has 0 spiro atoms. The first-order valence-electron chi connectivity index (χ1n) is 4.25. The minimum Gasteiger partial charge on any atom is -0.352 e. The Labute approximate surface area is 81.8 Å². The van der Waals surface area contributed by atoms with Crippen molar-refractivity contribution >= 4 is 5.91 Å². The molecular weight excluding hydrogens is 164 g/mol. The lowest BCUT2D eigenvalue weighted by atomic mass is 10.3. The number of amides is 1. The van der Waals surface area contributed by atoms with Crippen LogP contribution in [0.3, 0.4) is 0 Å². The first-order valence-corrected chi connectivity index (χ1v) is 4.25. The van der Waals surface area contributed by atoms with Gasteiger partial charge in [-0.25, -0.2) is 0 Å². The monoisotopic (exact) mass is 185 g/mol. The number of carbonyl (C=O) groups is 1. The quantitative estimate of drug-likeness (QED) is 0.667. The van der Waals surface area contributed by atoms with Gasteiger partial charge < -0.3 is 10.2 Å². The molecule has 0 aromatic carbocycles. The molecule has 1 N–H and O–H groups in total. The Bertz CT molecular complexity index is 150. The summed E-state index contributed by atoms with van der Waals surface area (Å²) in [5.74, 6) is -0.0846. The van der Waals surface area contributed by atoms with Crippen LogP contribution in [0.4, 0.5) is 0 Å². The van der Waals surface area contributed by atoms with Gasteiger partial charge in [-0.15, -0.1) is 0 Å². The van der Waals surface area contributed by atoms with Crippen molar-refractivity contribution in [3.63, 3.8) is 0 Å². The summed E-state index contributed by atoms with van der Waals surface area (Å²) in [7, 11) is 6.00. The zero-order chi connectivity index (χ0) is 10.9. The highest BCUT2D eigenvalue weighted by Gasteiger charge is 1.96. The summed E-state index contributed by atoms with van der Waals surface area (Å²) in [6.45, 7) is 9.36. The maximum atomic E-state index is 10.7. The minimum atomic E-state index is -0.0846. The van der Waals surface area contributed by atoms with Crippen LogP contribution >= 0.6 is 0 Å². The Morgan fingerprint density at radius 2 is 1.77 bits per heavy atom. The number of nitrogens with one attached hydrogen (secondary N) is 1. The lowest BCUT2D eigenvalue weighted by molar-refractivity contribution is -0.117. The minimum absolute atomic E-state index is 0.0846. The average Bonchev–Trinajstić information content (AvgIpc) is 1.98. The summed E-state index contributed by atoms with van der Waals surface area (Å²) in [5, 5.41) is 2.63. The Balaban J connectivity index is 0. The fourth-order valence-corrected chi connectivity index (χ4v) is 0.353. The smallest absolute Gasteiger partial charge is 0.246 e. The molecule has 3 heteroatoms. The zero-order valence-corrected chi connectivity index (χ0v) is 9.18. The van der Waals surface area contributed by atoms with Gasteiger partial charge in [0.25, 0.3) is 0 Å². The topological polar surface area (TPSA) is 32.3 Å². The zero-order valence-electron chi connectivity index (χ0n) is 9.18. The SMILES string of the molecule is CN(C)C.[CH2]CCNC(=O)C(=C)C. The molecule has 0 unspecified atom stereocenters. The van der Waals surface area contributed by atoms with Gasteiger partial charge in [-0.1, -0.05) is 13.5 Å². The summed E-state index contributed by atoms with van der Waals surface area (Å²) in [4.78, 5) is 12.7. The highest BCUT2D eigenvalue weighted by Crippen LogP contribution is 1.84. The van der Waals surface area contributed by atoms with Gasteiger partial charge in [0, 0.05) is 12.1 Å². The predicted octanol–water partition coefficient (Wildman–Crippen LogP) is 1.08. The van der Waals surface area contributed by atoms with E-state index in [-0.39, 0.29) is 5.91 Å². The second kappa shape index (κ2) is 9.26. The standard InChI is InChI=1S/C7H12NO.C3H9N/c1-4-5-8-7(9)6(2)3;1-4(2)3/h1-2,4-5H2,3H3,(H,8,9);1-3H3. The molecule has 0 bridgehead atoms. The normalized spacial score (nSPS) is 8.77. The highest BCUT2D eigenvalue weighted by atomic mass is 16.1. The van der Waals surface area contributed by atoms with E-state index in [1.165, 1.54) is 0 Å². The van der Waals surface area contributed by atoms with Crippen LogP contribution in [0.5, 0.6) is 0 Å². The van der Waals surface area contributed by atoms with E-state index in [9.17, 15) is 4.79 Å². The molecule has 0 aliphatic heterocycles. The van der Waals surface area contributed by atoms with Crippen molar-refractivity contribution in [2.24, 2.45) is 0 Å². The highest BCUT2D eigenvalue weighted by molar-refractivity contribution is 5.91. The molecule has 0 fully saturated rings. The largest absolute Gasteiger partial charge is 0.352 e. The maximum Gasteiger partial charge on any atom is 0.246 e. The van der Waals surface area contributed by atoms with Crippen LogP contribution < -0.4 is 5.32 Å². The van der Waals surface area contributed by atoms with Crippen LogP contribution in [0, 0.1) is 6.92 Å². The third kappa shape index (κ3) is 18.3. The van der Waals surface area contributed by atoms with Crippen molar-refractivity contribution in [2.45, 2.75) is 13.3 Å². The number of carbonyl (C=O) groups excluding carboxylic acids is 1. The van der Waals surface area contributed by atoms with Crippen molar-refractivity contribution < 1.29 is 4.79 Å². The molecule has 1 radical (unpaired) electrons. The summed E-state index contributed by atoms with van der Waals surface area (Å²) < 4.78 is 0. The molecule has 0 aliphatic rings. The molecule has 0 saturated heterocycles. The molecular formula is C10H21N2O. The summed E-state index contributed by atoms with van der Waals surface area (Å²) >= 11 is 0. The number of hydrogen-bond donors (Lipinski definition) is 1. The van der Waals surface area contributed by atoms with Crippen molar-refractivity contribution in [1.82, 2.24) is 10.2 Å². The van der Waals surface area contributed by atoms with E-state index in [0.717, 1.165) is 6.42 Å². The summed E-state index contributed by atoms with van der Waals surface area (Å²) in [6.07, 6.45) is 0.721. The van der Waals surface area contributed by atoms with Gasteiger partial charge in [0.2, 0.25) is 5.91 Å². The fourth-order valence-electron chi connectivity index (χ4n) is 0.353. The molecule has 0 aromatic rings. The molecule has 13 heavy (non-hydrogen) atoms. The molecule has 0 saturated carbocycles. The second-order valence-electron chi connectivity index (χ2n) is 3.23. The molecule has 0 atom stereocenters. The van der Waals surface area contributed by atoms with Crippen LogP contribution in [0.15, 0.2) is 12.2 Å². The molecule has 77 valence electrons. The number of nitrogens with zero attached hydrogens (tertiary/aromatic N) is 1. The van der Waals surface area contributed by atoms with Crippen LogP contribution in [0.25, 0.3) is 0 Å². The lowest BCUT2D eigenvalue weighted by Crippen LogP contribution is -2.24. The van der Waals surface area contributed by atoms with Gasteiger partial charge in [0.05, 0.1) is 0 Å². The van der Waals surface area contributed by atoms with Gasteiger partial charge in [-0.2, -0.15) is 0 Å². The summed E-state index contributed by atoms with van der Waals surface area (Å²) in [6, 6.07) is 0. The van der Waals surface area contributed by atoms with Crippen molar-refractivity contribution in [2.75, 3.05) is 27.7 Å². The van der Waals surface area contributed by atoms with E-state index in [4.69, 9.17) is 0 Å². The van der Waals surface area contributed by atoms with E-state index in [1.54, 1.807) is 6.92 Å². The molecule has 0 aliphatic carbocycles. The predicted molar refractivity (Wildman–Crippen MR) is 57.4 cm³/mol. The Hall–Kier alpha value is -0.830. The van der Waals surface area contributed by atoms with Crippen LogP contribution in [-0.4, -0.2) is 38.5 Å². The molecule has 1 amide bonds. The number of rotatable bonds is 3. The third-order valence-electron chi connectivity index (χ3n) is 0.850. The van der Waals surface area contributed by atoms with Crippen molar-refractivity contribution in [3.8, 4) is 0 Å². The third-order valence-corrected chi connectivity index (χ3v) is 0.850. The molecule has 0 aromatic heterocycles. The van der Waals surface area contributed by atoms with E-state index in [0.29, 0.717) is 12.1 Å². The van der Waals surface area contributed by atoms with Crippen molar-refractivity contribution in [1.29, 1.82) is 0 Å².